The molecule has 6 heteroatoms. The van der Waals surface area contributed by atoms with Gasteiger partial charge in [-0.15, -0.1) is 0 Å². The zero-order valence-corrected chi connectivity index (χ0v) is 9.55. The summed E-state index contributed by atoms with van der Waals surface area (Å²) in [6.45, 7) is -0.167. The molecule has 0 radical (unpaired) electrons. The van der Waals surface area contributed by atoms with Crippen LogP contribution in [0.25, 0.3) is 0 Å². The minimum atomic E-state index is -3.45. The van der Waals surface area contributed by atoms with E-state index in [4.69, 9.17) is 22.4 Å². The summed E-state index contributed by atoms with van der Waals surface area (Å²) in [5.41, 5.74) is 5.83. The molecule has 0 aromatic heterocycles. The Kier molecular flexibility index (Phi) is 3.96. The highest BCUT2D eigenvalue weighted by Gasteiger charge is 2.17. The van der Waals surface area contributed by atoms with Crippen molar-refractivity contribution in [2.24, 2.45) is 0 Å². The van der Waals surface area contributed by atoms with Crippen molar-refractivity contribution >= 4 is 27.1 Å². The molecule has 84 valence electrons. The van der Waals surface area contributed by atoms with Gasteiger partial charge in [-0.3, -0.25) is 0 Å². The van der Waals surface area contributed by atoms with Crippen LogP contribution in [0, 0.1) is 0 Å². The zero-order chi connectivity index (χ0) is 11.5. The van der Waals surface area contributed by atoms with Crippen molar-refractivity contribution in [2.75, 3.05) is 18.1 Å². The number of halogens is 1. The van der Waals surface area contributed by atoms with E-state index in [1.807, 2.05) is 0 Å². The molecule has 0 saturated carbocycles. The lowest BCUT2D eigenvalue weighted by atomic mass is 10.3. The Labute approximate surface area is 93.6 Å². The van der Waals surface area contributed by atoms with E-state index in [1.54, 1.807) is 0 Å². The van der Waals surface area contributed by atoms with Crippen LogP contribution < -0.4 is 5.73 Å². The second-order valence-corrected chi connectivity index (χ2v) is 5.57. The van der Waals surface area contributed by atoms with Gasteiger partial charge in [0.1, 0.15) is 0 Å². The van der Waals surface area contributed by atoms with Crippen LogP contribution in [0.1, 0.15) is 6.42 Å². The van der Waals surface area contributed by atoms with Crippen LogP contribution in [0.3, 0.4) is 0 Å². The molecule has 0 fully saturated rings. The molecule has 1 aromatic carbocycles. The quantitative estimate of drug-likeness (QED) is 0.783. The SMILES string of the molecule is Nc1ccc(Cl)c(S(=O)(=O)CCCO)c1. The van der Waals surface area contributed by atoms with Gasteiger partial charge in [0.15, 0.2) is 9.84 Å². The van der Waals surface area contributed by atoms with Crippen molar-refractivity contribution in [3.63, 3.8) is 0 Å². The Morgan fingerprint density at radius 3 is 2.67 bits per heavy atom. The molecule has 0 atom stereocenters. The fourth-order valence-electron chi connectivity index (χ4n) is 1.12. The third kappa shape index (κ3) is 3.09. The highest BCUT2D eigenvalue weighted by molar-refractivity contribution is 7.91. The normalized spacial score (nSPS) is 11.6. The van der Waals surface area contributed by atoms with Gasteiger partial charge in [-0.2, -0.15) is 0 Å². The first kappa shape index (κ1) is 12.3. The molecule has 0 aliphatic rings. The van der Waals surface area contributed by atoms with E-state index < -0.39 is 9.84 Å². The minimum Gasteiger partial charge on any atom is -0.399 e. The number of benzene rings is 1. The van der Waals surface area contributed by atoms with Gasteiger partial charge >= 0.3 is 0 Å². The molecule has 1 rings (SSSR count). The summed E-state index contributed by atoms with van der Waals surface area (Å²) in [4.78, 5) is 0.0256. The second-order valence-electron chi connectivity index (χ2n) is 3.09. The number of aliphatic hydroxyl groups is 1. The lowest BCUT2D eigenvalue weighted by Crippen LogP contribution is -2.09. The third-order valence-corrected chi connectivity index (χ3v) is 4.14. The predicted octanol–water partition coefficient (Wildman–Crippen LogP) is 1.08. The number of sulfone groups is 1. The first-order valence-electron chi connectivity index (χ1n) is 4.36. The maximum atomic E-state index is 11.7. The molecule has 0 heterocycles. The van der Waals surface area contributed by atoms with Gasteiger partial charge in [0.2, 0.25) is 0 Å². The van der Waals surface area contributed by atoms with E-state index in [9.17, 15) is 8.42 Å². The van der Waals surface area contributed by atoms with Gasteiger partial charge in [0.05, 0.1) is 15.7 Å². The number of nitrogen functional groups attached to an aromatic ring is 1. The molecular formula is C9H12ClNO3S. The standard InChI is InChI=1S/C9H12ClNO3S/c10-8-3-2-7(11)6-9(8)15(13,14)5-1-4-12/h2-3,6,12H,1,4-5,11H2. The highest BCUT2D eigenvalue weighted by Crippen LogP contribution is 2.24. The zero-order valence-electron chi connectivity index (χ0n) is 7.98. The van der Waals surface area contributed by atoms with E-state index >= 15 is 0 Å². The molecular weight excluding hydrogens is 238 g/mol. The molecule has 0 unspecified atom stereocenters. The third-order valence-electron chi connectivity index (χ3n) is 1.86. The summed E-state index contributed by atoms with van der Waals surface area (Å²) in [6, 6.07) is 4.31. The molecule has 0 aliphatic heterocycles. The smallest absolute Gasteiger partial charge is 0.180 e. The Morgan fingerprint density at radius 1 is 1.40 bits per heavy atom. The van der Waals surface area contributed by atoms with Crippen LogP contribution in [0.4, 0.5) is 5.69 Å². The summed E-state index contributed by atoms with van der Waals surface area (Å²) in [7, 11) is -3.45. The molecule has 0 saturated heterocycles. The number of hydrogen-bond donors (Lipinski definition) is 2. The van der Waals surface area contributed by atoms with Crippen molar-refractivity contribution < 1.29 is 13.5 Å². The summed E-state index contributed by atoms with van der Waals surface area (Å²) >= 11 is 5.76. The Bertz CT molecular complexity index is 445. The Morgan fingerprint density at radius 2 is 2.07 bits per heavy atom. The van der Waals surface area contributed by atoms with Gasteiger partial charge in [-0.1, -0.05) is 11.6 Å². The molecule has 3 N–H and O–H groups in total. The first-order valence-corrected chi connectivity index (χ1v) is 6.39. The largest absolute Gasteiger partial charge is 0.399 e. The van der Waals surface area contributed by atoms with Gasteiger partial charge in [-0.25, -0.2) is 8.42 Å². The van der Waals surface area contributed by atoms with Crippen LogP contribution in [-0.2, 0) is 9.84 Å². The maximum Gasteiger partial charge on any atom is 0.180 e. The average Bonchev–Trinajstić information content (AvgIpc) is 2.18. The summed E-state index contributed by atoms with van der Waals surface area (Å²) in [5.74, 6) is -0.132. The summed E-state index contributed by atoms with van der Waals surface area (Å²) in [6.07, 6.45) is 0.188. The molecule has 15 heavy (non-hydrogen) atoms. The minimum absolute atomic E-state index is 0.0256. The average molecular weight is 250 g/mol. The first-order chi connectivity index (χ1) is 6.97. The van der Waals surface area contributed by atoms with E-state index in [1.165, 1.54) is 18.2 Å². The van der Waals surface area contributed by atoms with Crippen LogP contribution in [0.15, 0.2) is 23.1 Å². The van der Waals surface area contributed by atoms with Crippen molar-refractivity contribution in [3.8, 4) is 0 Å². The fraction of sp³-hybridized carbons (Fsp3) is 0.333. The second kappa shape index (κ2) is 4.83. The molecule has 4 nitrogen and oxygen atoms in total. The van der Waals surface area contributed by atoms with Crippen molar-refractivity contribution in [3.05, 3.63) is 23.2 Å². The van der Waals surface area contributed by atoms with Crippen LogP contribution in [0.2, 0.25) is 5.02 Å². The number of aliphatic hydroxyl groups excluding tert-OH is 1. The monoisotopic (exact) mass is 249 g/mol. The van der Waals surface area contributed by atoms with E-state index in [0.717, 1.165) is 0 Å². The number of hydrogen-bond acceptors (Lipinski definition) is 4. The molecule has 0 amide bonds. The number of anilines is 1. The molecule has 0 aliphatic carbocycles. The fourth-order valence-corrected chi connectivity index (χ4v) is 3.00. The van der Waals surface area contributed by atoms with E-state index in [2.05, 4.69) is 0 Å². The van der Waals surface area contributed by atoms with Crippen molar-refractivity contribution in [2.45, 2.75) is 11.3 Å². The maximum absolute atomic E-state index is 11.7. The Hall–Kier alpha value is -0.780. The van der Waals surface area contributed by atoms with Crippen molar-refractivity contribution in [1.29, 1.82) is 0 Å². The van der Waals surface area contributed by atoms with Crippen molar-refractivity contribution in [1.82, 2.24) is 0 Å². The van der Waals surface area contributed by atoms with Crippen LogP contribution >= 0.6 is 11.6 Å². The molecule has 1 aromatic rings. The van der Waals surface area contributed by atoms with Crippen LogP contribution in [-0.4, -0.2) is 25.9 Å². The highest BCUT2D eigenvalue weighted by atomic mass is 35.5. The molecule has 0 spiro atoms. The van der Waals surface area contributed by atoms with Crippen LogP contribution in [0.5, 0.6) is 0 Å². The number of rotatable bonds is 4. The lowest BCUT2D eigenvalue weighted by molar-refractivity contribution is 0.295. The number of nitrogens with two attached hydrogens (primary N) is 1. The lowest BCUT2D eigenvalue weighted by Gasteiger charge is -2.06. The molecule has 0 bridgehead atoms. The van der Waals surface area contributed by atoms with Gasteiger partial charge < -0.3 is 10.8 Å². The van der Waals surface area contributed by atoms with Gasteiger partial charge in [0, 0.05) is 12.3 Å². The van der Waals surface area contributed by atoms with Gasteiger partial charge in [0.25, 0.3) is 0 Å². The Balaban J connectivity index is 3.09. The summed E-state index contributed by atoms with van der Waals surface area (Å²) in [5, 5.41) is 8.73. The summed E-state index contributed by atoms with van der Waals surface area (Å²) < 4.78 is 23.4. The van der Waals surface area contributed by atoms with E-state index in [0.29, 0.717) is 5.69 Å². The topological polar surface area (TPSA) is 80.4 Å². The van der Waals surface area contributed by atoms with Gasteiger partial charge in [-0.05, 0) is 24.6 Å². The van der Waals surface area contributed by atoms with E-state index in [-0.39, 0.29) is 28.7 Å². The predicted molar refractivity (Wildman–Crippen MR) is 59.6 cm³/mol.